The summed E-state index contributed by atoms with van der Waals surface area (Å²) in [6.07, 6.45) is 1.45. The van der Waals surface area contributed by atoms with Gasteiger partial charge in [0.05, 0.1) is 18.3 Å². The lowest BCUT2D eigenvalue weighted by Crippen LogP contribution is -2.46. The molecule has 1 aliphatic carbocycles. The first-order valence-electron chi connectivity index (χ1n) is 11.4. The normalized spacial score (nSPS) is 24.1. The number of allylic oxidation sites excluding steroid dienone is 1. The van der Waals surface area contributed by atoms with E-state index in [2.05, 4.69) is 5.16 Å². The van der Waals surface area contributed by atoms with Crippen molar-refractivity contribution in [3.8, 4) is 0 Å². The number of ether oxygens (including phenoxy) is 3. The molecule has 2 fully saturated rings. The van der Waals surface area contributed by atoms with Gasteiger partial charge in [0.1, 0.15) is 18.4 Å². The zero-order valence-corrected chi connectivity index (χ0v) is 19.3. The molecule has 3 aliphatic rings. The first-order chi connectivity index (χ1) is 16.9. The summed E-state index contributed by atoms with van der Waals surface area (Å²) in [5, 5.41) is 12.5. The van der Waals surface area contributed by atoms with Crippen LogP contribution in [-0.2, 0) is 25.6 Å². The molecule has 2 amide bonds. The van der Waals surface area contributed by atoms with E-state index in [-0.39, 0.29) is 30.9 Å². The number of piperidine rings is 1. The van der Waals surface area contributed by atoms with Gasteiger partial charge in [0.25, 0.3) is 5.91 Å². The average Bonchev–Trinajstić information content (AvgIpc) is 3.25. The van der Waals surface area contributed by atoms with Gasteiger partial charge in [0, 0.05) is 25.9 Å². The van der Waals surface area contributed by atoms with Crippen molar-refractivity contribution in [1.29, 1.82) is 0 Å². The average molecular weight is 485 g/mol. The molecule has 11 nitrogen and oxygen atoms in total. The van der Waals surface area contributed by atoms with Gasteiger partial charge in [-0.25, -0.2) is 9.59 Å². The number of oxime groups is 1. The van der Waals surface area contributed by atoms with Crippen LogP contribution in [0.1, 0.15) is 25.3 Å². The second-order valence-electron chi connectivity index (χ2n) is 8.53. The molecule has 0 spiro atoms. The number of nitrogens with zero attached hydrogens (tertiary/aromatic N) is 3. The fraction of sp³-hybridized carbons (Fsp3) is 0.417. The van der Waals surface area contributed by atoms with Crippen LogP contribution >= 0.6 is 0 Å². The van der Waals surface area contributed by atoms with Gasteiger partial charge in [-0.15, -0.1) is 0 Å². The molecule has 11 heteroatoms. The Morgan fingerprint density at radius 3 is 2.63 bits per heavy atom. The highest BCUT2D eigenvalue weighted by Crippen LogP contribution is 2.26. The smallest absolute Gasteiger partial charge is 0.434 e. The lowest BCUT2D eigenvalue weighted by molar-refractivity contribution is -0.140. The second kappa shape index (κ2) is 10.6. The molecule has 3 N–H and O–H groups in total. The molecule has 2 heterocycles. The highest BCUT2D eigenvalue weighted by molar-refractivity contribution is 6.06. The molecule has 0 bridgehead atoms. The van der Waals surface area contributed by atoms with Crippen LogP contribution < -0.4 is 5.73 Å². The molecule has 4 rings (SSSR count). The van der Waals surface area contributed by atoms with Crippen molar-refractivity contribution < 1.29 is 33.8 Å². The molecule has 1 aromatic rings. The highest BCUT2D eigenvalue weighted by atomic mass is 16.7. The Labute approximate surface area is 202 Å². The molecule has 1 aromatic carbocycles. The quantitative estimate of drug-likeness (QED) is 0.368. The molecule has 2 atom stereocenters. The summed E-state index contributed by atoms with van der Waals surface area (Å²) >= 11 is 0. The summed E-state index contributed by atoms with van der Waals surface area (Å²) in [6.45, 7) is 2.57. The molecule has 2 saturated heterocycles. The van der Waals surface area contributed by atoms with Crippen LogP contribution in [0, 0.1) is 0 Å². The van der Waals surface area contributed by atoms with Gasteiger partial charge in [0.2, 0.25) is 0 Å². The van der Waals surface area contributed by atoms with Crippen molar-refractivity contribution in [2.24, 2.45) is 10.9 Å². The predicted molar refractivity (Wildman–Crippen MR) is 123 cm³/mol. The summed E-state index contributed by atoms with van der Waals surface area (Å²) in [5.74, 6) is -0.309. The predicted octanol–water partition coefficient (Wildman–Crippen LogP) is 2.15. The van der Waals surface area contributed by atoms with E-state index in [4.69, 9.17) is 19.9 Å². The Morgan fingerprint density at radius 1 is 1.23 bits per heavy atom. The van der Waals surface area contributed by atoms with E-state index >= 15 is 0 Å². The third-order valence-corrected chi connectivity index (χ3v) is 6.25. The summed E-state index contributed by atoms with van der Waals surface area (Å²) in [4.78, 5) is 40.4. The maximum atomic E-state index is 13.0. The van der Waals surface area contributed by atoms with Crippen LogP contribution in [0.2, 0.25) is 0 Å². The van der Waals surface area contributed by atoms with Crippen molar-refractivity contribution >= 4 is 23.9 Å². The standard InChI is InChI=1S/C24H28N4O7/c1-15-19(8-7-18(25)21(15)26-32)28-13-20(35-23(28)30)22(29)27-11-9-17(10-12-27)34-24(31)33-14-16-5-3-2-4-6-16/h2-8,17-18,20,32H,9-14,25H2,1H3. The monoisotopic (exact) mass is 484 g/mol. The summed E-state index contributed by atoms with van der Waals surface area (Å²) in [5.41, 5.74) is 8.00. The van der Waals surface area contributed by atoms with E-state index in [0.717, 1.165) is 5.56 Å². The van der Waals surface area contributed by atoms with Gasteiger partial charge in [-0.1, -0.05) is 41.6 Å². The van der Waals surface area contributed by atoms with Gasteiger partial charge in [-0.3, -0.25) is 9.69 Å². The van der Waals surface area contributed by atoms with Gasteiger partial charge in [-0.2, -0.15) is 0 Å². The zero-order chi connectivity index (χ0) is 24.9. The van der Waals surface area contributed by atoms with Gasteiger partial charge >= 0.3 is 12.2 Å². The third kappa shape index (κ3) is 5.46. The SMILES string of the molecule is CC1=C(N2CC(C(=O)N3CCC(OC(=O)OCc4ccccc4)CC3)OC2=O)C=CC(N)C1=NO. The molecule has 35 heavy (non-hydrogen) atoms. The molecule has 186 valence electrons. The molecule has 2 aliphatic heterocycles. The summed E-state index contributed by atoms with van der Waals surface area (Å²) < 4.78 is 15.9. The number of carbonyl (C=O) groups excluding carboxylic acids is 3. The van der Waals surface area contributed by atoms with Gasteiger partial charge in [-0.05, 0) is 24.1 Å². The number of hydrogen-bond acceptors (Lipinski definition) is 9. The van der Waals surface area contributed by atoms with Crippen molar-refractivity contribution in [1.82, 2.24) is 9.80 Å². The second-order valence-corrected chi connectivity index (χ2v) is 8.53. The Hall–Kier alpha value is -3.86. The minimum atomic E-state index is -0.963. The van der Waals surface area contributed by atoms with Crippen LogP contribution in [0.25, 0.3) is 0 Å². The molecule has 0 radical (unpaired) electrons. The Morgan fingerprint density at radius 2 is 1.94 bits per heavy atom. The molecular weight excluding hydrogens is 456 g/mol. The Bertz CT molecular complexity index is 1060. The van der Waals surface area contributed by atoms with E-state index in [1.807, 2.05) is 30.3 Å². The number of amides is 2. The zero-order valence-electron chi connectivity index (χ0n) is 19.3. The van der Waals surface area contributed by atoms with Crippen molar-refractivity contribution in [2.75, 3.05) is 19.6 Å². The first-order valence-corrected chi connectivity index (χ1v) is 11.4. The van der Waals surface area contributed by atoms with Crippen molar-refractivity contribution in [2.45, 2.75) is 44.6 Å². The van der Waals surface area contributed by atoms with E-state index in [0.29, 0.717) is 37.2 Å². The maximum absolute atomic E-state index is 13.0. The van der Waals surface area contributed by atoms with Crippen LogP contribution in [0.5, 0.6) is 0 Å². The van der Waals surface area contributed by atoms with Crippen LogP contribution in [0.15, 0.2) is 58.9 Å². The van der Waals surface area contributed by atoms with E-state index in [1.54, 1.807) is 24.0 Å². The van der Waals surface area contributed by atoms with E-state index < -0.39 is 24.4 Å². The number of rotatable bonds is 5. The maximum Gasteiger partial charge on any atom is 0.508 e. The molecule has 0 aromatic heterocycles. The number of hydrogen-bond donors (Lipinski definition) is 2. The number of benzene rings is 1. The van der Waals surface area contributed by atoms with Crippen LogP contribution in [-0.4, -0.2) is 76.8 Å². The molecule has 0 saturated carbocycles. The molecule has 2 unspecified atom stereocenters. The van der Waals surface area contributed by atoms with Gasteiger partial charge in [0.15, 0.2) is 6.10 Å². The first kappa shape index (κ1) is 24.3. The minimum Gasteiger partial charge on any atom is -0.434 e. The van der Waals surface area contributed by atoms with E-state index in [1.165, 1.54) is 4.90 Å². The fourth-order valence-electron chi connectivity index (χ4n) is 4.30. The van der Waals surface area contributed by atoms with Crippen molar-refractivity contribution in [3.63, 3.8) is 0 Å². The Kier molecular flexibility index (Phi) is 7.35. The largest absolute Gasteiger partial charge is 0.508 e. The number of nitrogens with two attached hydrogens (primary N) is 1. The Balaban J connectivity index is 1.27. The van der Waals surface area contributed by atoms with Crippen LogP contribution in [0.4, 0.5) is 9.59 Å². The third-order valence-electron chi connectivity index (χ3n) is 6.25. The number of carbonyl (C=O) groups is 3. The topological polar surface area (TPSA) is 144 Å². The summed E-state index contributed by atoms with van der Waals surface area (Å²) in [7, 11) is 0. The molecular formula is C24H28N4O7. The van der Waals surface area contributed by atoms with Gasteiger partial charge < -0.3 is 30.1 Å². The van der Waals surface area contributed by atoms with Crippen molar-refractivity contribution in [3.05, 3.63) is 59.3 Å². The van der Waals surface area contributed by atoms with E-state index in [9.17, 15) is 19.6 Å². The lowest BCUT2D eigenvalue weighted by atomic mass is 9.97. The summed E-state index contributed by atoms with van der Waals surface area (Å²) in [6, 6.07) is 8.72. The highest BCUT2D eigenvalue weighted by Gasteiger charge is 2.41. The lowest BCUT2D eigenvalue weighted by Gasteiger charge is -2.32. The number of likely N-dealkylation sites (tertiary alicyclic amines) is 1. The minimum absolute atomic E-state index is 0.0326. The fourth-order valence-corrected chi connectivity index (χ4v) is 4.30. The van der Waals surface area contributed by atoms with Crippen LogP contribution in [0.3, 0.4) is 0 Å². The number of cyclic esters (lactones) is 1.